The molecule has 0 saturated carbocycles. The van der Waals surface area contributed by atoms with E-state index >= 15 is 0 Å². The molecule has 2 aromatic rings. The molecule has 1 aliphatic rings. The van der Waals surface area contributed by atoms with E-state index in [1.165, 1.54) is 16.8 Å². The van der Waals surface area contributed by atoms with Crippen molar-refractivity contribution in [2.75, 3.05) is 13.1 Å². The molecule has 1 aliphatic heterocycles. The van der Waals surface area contributed by atoms with E-state index < -0.39 is 4.92 Å². The van der Waals surface area contributed by atoms with Gasteiger partial charge in [0.2, 0.25) is 0 Å². The third-order valence-electron chi connectivity index (χ3n) is 4.27. The minimum Gasteiger partial charge on any atom is -0.346 e. The van der Waals surface area contributed by atoms with Crippen molar-refractivity contribution in [1.82, 2.24) is 20.4 Å². The first-order chi connectivity index (χ1) is 11.5. The molecule has 0 radical (unpaired) electrons. The van der Waals surface area contributed by atoms with Gasteiger partial charge in [-0.15, -0.1) is 12.4 Å². The molecule has 0 bridgehead atoms. The summed E-state index contributed by atoms with van der Waals surface area (Å²) in [5, 5.41) is 21.3. The van der Waals surface area contributed by atoms with Crippen LogP contribution in [0.5, 0.6) is 0 Å². The highest BCUT2D eigenvalue weighted by Gasteiger charge is 2.24. The molecule has 25 heavy (non-hydrogen) atoms. The molecule has 1 aromatic heterocycles. The van der Waals surface area contributed by atoms with Gasteiger partial charge in [0.25, 0.3) is 11.6 Å². The topological polar surface area (TPSA) is 102 Å². The van der Waals surface area contributed by atoms with Crippen LogP contribution in [-0.2, 0) is 0 Å². The van der Waals surface area contributed by atoms with Gasteiger partial charge in [-0.3, -0.25) is 14.9 Å². The Morgan fingerprint density at radius 3 is 2.96 bits per heavy atom. The van der Waals surface area contributed by atoms with Crippen molar-refractivity contribution in [2.24, 2.45) is 5.92 Å². The van der Waals surface area contributed by atoms with Crippen molar-refractivity contribution in [1.29, 1.82) is 0 Å². The molecule has 2 unspecified atom stereocenters. The van der Waals surface area contributed by atoms with Crippen LogP contribution in [0.25, 0.3) is 5.69 Å². The van der Waals surface area contributed by atoms with Crippen LogP contribution >= 0.6 is 12.4 Å². The van der Waals surface area contributed by atoms with Gasteiger partial charge in [0.1, 0.15) is 0 Å². The summed E-state index contributed by atoms with van der Waals surface area (Å²) in [7, 11) is 0. The second-order valence-corrected chi connectivity index (χ2v) is 5.97. The number of hydrogen-bond acceptors (Lipinski definition) is 5. The average molecular weight is 366 g/mol. The number of nitro groups is 1. The zero-order valence-electron chi connectivity index (χ0n) is 13.7. The zero-order chi connectivity index (χ0) is 17.1. The second kappa shape index (κ2) is 8.09. The number of nitro benzene ring substituents is 1. The maximum absolute atomic E-state index is 12.4. The highest BCUT2D eigenvalue weighted by atomic mass is 35.5. The number of carbonyl (C=O) groups excluding carboxylic acids is 1. The number of nitrogens with one attached hydrogen (secondary N) is 2. The molecule has 9 heteroatoms. The molecule has 1 aromatic carbocycles. The molecule has 2 atom stereocenters. The highest BCUT2D eigenvalue weighted by molar-refractivity contribution is 5.92. The van der Waals surface area contributed by atoms with Gasteiger partial charge in [0.05, 0.1) is 10.6 Å². The van der Waals surface area contributed by atoms with Gasteiger partial charge in [-0.05, 0) is 31.0 Å². The molecule has 8 nitrogen and oxygen atoms in total. The lowest BCUT2D eigenvalue weighted by molar-refractivity contribution is -0.384. The number of halogens is 1. The first-order valence-corrected chi connectivity index (χ1v) is 7.86. The molecule has 1 fully saturated rings. The number of benzene rings is 1. The van der Waals surface area contributed by atoms with Crippen molar-refractivity contribution in [3.05, 3.63) is 52.3 Å². The summed E-state index contributed by atoms with van der Waals surface area (Å²) in [4.78, 5) is 22.8. The molecule has 0 aliphatic carbocycles. The van der Waals surface area contributed by atoms with Crippen LogP contribution in [-0.4, -0.2) is 39.7 Å². The summed E-state index contributed by atoms with van der Waals surface area (Å²) in [5.41, 5.74) is 0.811. The largest absolute Gasteiger partial charge is 0.346 e. The van der Waals surface area contributed by atoms with Crippen molar-refractivity contribution >= 4 is 24.0 Å². The minimum atomic E-state index is -0.460. The quantitative estimate of drug-likeness (QED) is 0.636. The van der Waals surface area contributed by atoms with Gasteiger partial charge in [-0.1, -0.05) is 13.0 Å². The number of hydrogen-bond donors (Lipinski definition) is 2. The van der Waals surface area contributed by atoms with Crippen molar-refractivity contribution in [3.8, 4) is 5.69 Å². The lowest BCUT2D eigenvalue weighted by Gasteiger charge is -2.29. The Bertz CT molecular complexity index is 764. The maximum atomic E-state index is 12.4. The van der Waals surface area contributed by atoms with E-state index in [1.807, 2.05) is 0 Å². The Labute approximate surface area is 151 Å². The molecule has 2 N–H and O–H groups in total. The molecule has 1 amide bonds. The predicted molar refractivity (Wildman–Crippen MR) is 95.4 cm³/mol. The molecule has 1 saturated heterocycles. The van der Waals surface area contributed by atoms with Crippen LogP contribution in [0, 0.1) is 16.0 Å². The Morgan fingerprint density at radius 1 is 1.44 bits per heavy atom. The fourth-order valence-corrected chi connectivity index (χ4v) is 2.76. The molecular formula is C16H20ClN5O3. The third kappa shape index (κ3) is 4.34. The van der Waals surface area contributed by atoms with Gasteiger partial charge in [-0.2, -0.15) is 5.10 Å². The molecule has 2 heterocycles. The van der Waals surface area contributed by atoms with Gasteiger partial charge in [0, 0.05) is 30.9 Å². The van der Waals surface area contributed by atoms with E-state index in [1.54, 1.807) is 24.4 Å². The van der Waals surface area contributed by atoms with Gasteiger partial charge < -0.3 is 10.6 Å². The van der Waals surface area contributed by atoms with Crippen LogP contribution < -0.4 is 10.6 Å². The van der Waals surface area contributed by atoms with Crippen LogP contribution in [0.15, 0.2) is 36.5 Å². The second-order valence-electron chi connectivity index (χ2n) is 5.97. The number of carbonyl (C=O) groups is 1. The SMILES string of the molecule is CC1CCNCC1NC(=O)c1ccn(-c2cccc([N+](=O)[O-])c2)n1.Cl. The summed E-state index contributed by atoms with van der Waals surface area (Å²) in [6.45, 7) is 3.83. The van der Waals surface area contributed by atoms with Gasteiger partial charge in [0.15, 0.2) is 5.69 Å². The van der Waals surface area contributed by atoms with Crippen LogP contribution in [0.3, 0.4) is 0 Å². The predicted octanol–water partition coefficient (Wildman–Crippen LogP) is 1.93. The normalized spacial score (nSPS) is 19.7. The summed E-state index contributed by atoms with van der Waals surface area (Å²) < 4.78 is 1.46. The highest BCUT2D eigenvalue weighted by Crippen LogP contribution is 2.17. The lowest BCUT2D eigenvalue weighted by atomic mass is 9.95. The molecule has 134 valence electrons. The number of non-ortho nitro benzene ring substituents is 1. The third-order valence-corrected chi connectivity index (χ3v) is 4.27. The van der Waals surface area contributed by atoms with Crippen molar-refractivity contribution in [2.45, 2.75) is 19.4 Å². The maximum Gasteiger partial charge on any atom is 0.272 e. The van der Waals surface area contributed by atoms with E-state index in [4.69, 9.17) is 0 Å². The van der Waals surface area contributed by atoms with Crippen LogP contribution in [0.1, 0.15) is 23.8 Å². The van der Waals surface area contributed by atoms with Gasteiger partial charge >= 0.3 is 0 Å². The first kappa shape index (κ1) is 18.9. The Hall–Kier alpha value is -2.45. The fraction of sp³-hybridized carbons (Fsp3) is 0.375. The van der Waals surface area contributed by atoms with E-state index in [9.17, 15) is 14.9 Å². The van der Waals surface area contributed by atoms with E-state index in [0.717, 1.165) is 19.5 Å². The summed E-state index contributed by atoms with van der Waals surface area (Å²) in [6, 6.07) is 7.81. The average Bonchev–Trinajstić information content (AvgIpc) is 3.07. The molecule has 3 rings (SSSR count). The van der Waals surface area contributed by atoms with Crippen molar-refractivity contribution in [3.63, 3.8) is 0 Å². The number of nitrogens with zero attached hydrogens (tertiary/aromatic N) is 3. The number of aromatic nitrogens is 2. The Balaban J connectivity index is 0.00000225. The van der Waals surface area contributed by atoms with E-state index in [-0.39, 0.29) is 30.0 Å². The fourth-order valence-electron chi connectivity index (χ4n) is 2.76. The standard InChI is InChI=1S/C16H19N5O3.ClH/c1-11-5-7-17-10-15(11)18-16(22)14-6-8-20(19-14)12-3-2-4-13(9-12)21(23)24;/h2-4,6,8-9,11,15,17H,5,7,10H2,1H3,(H,18,22);1H. The smallest absolute Gasteiger partial charge is 0.272 e. The monoisotopic (exact) mass is 365 g/mol. The Kier molecular flexibility index (Phi) is 6.11. The van der Waals surface area contributed by atoms with Gasteiger partial charge in [-0.25, -0.2) is 4.68 Å². The number of piperidine rings is 1. The van der Waals surface area contributed by atoms with Crippen LogP contribution in [0.4, 0.5) is 5.69 Å². The molecular weight excluding hydrogens is 346 g/mol. The minimum absolute atomic E-state index is 0. The Morgan fingerprint density at radius 2 is 2.24 bits per heavy atom. The summed E-state index contributed by atoms with van der Waals surface area (Å²) in [5.74, 6) is 0.175. The van der Waals surface area contributed by atoms with Crippen molar-refractivity contribution < 1.29 is 9.72 Å². The van der Waals surface area contributed by atoms with E-state index in [0.29, 0.717) is 17.3 Å². The van der Waals surface area contributed by atoms with E-state index in [2.05, 4.69) is 22.7 Å². The molecule has 0 spiro atoms. The summed E-state index contributed by atoms with van der Waals surface area (Å²) >= 11 is 0. The first-order valence-electron chi connectivity index (χ1n) is 7.86. The zero-order valence-corrected chi connectivity index (χ0v) is 14.5. The lowest BCUT2D eigenvalue weighted by Crippen LogP contribution is -2.50. The number of amides is 1. The number of rotatable bonds is 4. The van der Waals surface area contributed by atoms with Crippen LogP contribution in [0.2, 0.25) is 0 Å². The summed E-state index contributed by atoms with van der Waals surface area (Å²) in [6.07, 6.45) is 2.64.